The van der Waals surface area contributed by atoms with Crippen molar-refractivity contribution >= 4 is 6.09 Å². The van der Waals surface area contributed by atoms with Crippen LogP contribution >= 0.6 is 0 Å². The van der Waals surface area contributed by atoms with Gasteiger partial charge in [-0.05, 0) is 50.6 Å². The van der Waals surface area contributed by atoms with Crippen LogP contribution in [0.3, 0.4) is 0 Å². The molecule has 1 aliphatic carbocycles. The van der Waals surface area contributed by atoms with E-state index in [-0.39, 0.29) is 5.41 Å². The third-order valence-electron chi connectivity index (χ3n) is 26.5. The maximum Gasteiger partial charge on any atom is 0.407 e. The molecule has 2 spiro atoms. The average molecular weight is 1500 g/mol. The SMILES string of the molecule is O=C(O)N1CCCCCCCCCCCCCCCCCCCCCCCCCCCCCCCCCCCCCCCC2(CCCCCCCCCCCCCCCCCCCCCCCCCCCCCCCCCCCCCCCCCCCCCC23OCCO3)CN(Cc2ccccc2)CCCC1. The van der Waals surface area contributed by atoms with E-state index in [9.17, 15) is 9.90 Å². The van der Waals surface area contributed by atoms with E-state index in [4.69, 9.17) is 9.47 Å². The monoisotopic (exact) mass is 1500 g/mol. The summed E-state index contributed by atoms with van der Waals surface area (Å²) in [5, 5.41) is 10.5. The molecule has 107 heavy (non-hydrogen) atoms. The molecule has 1 atom stereocenters. The fourth-order valence-corrected chi connectivity index (χ4v) is 19.4. The van der Waals surface area contributed by atoms with Gasteiger partial charge in [0.25, 0.3) is 0 Å². The molecule has 1 aromatic carbocycles. The lowest BCUT2D eigenvalue weighted by atomic mass is 9.68. The predicted molar refractivity (Wildman–Crippen MR) is 471 cm³/mol. The van der Waals surface area contributed by atoms with E-state index in [1.165, 1.54) is 519 Å². The number of hydrogen-bond donors (Lipinski definition) is 1. The smallest absolute Gasteiger partial charge is 0.407 e. The number of amides is 1. The topological polar surface area (TPSA) is 62.2 Å². The van der Waals surface area contributed by atoms with Crippen molar-refractivity contribution in [3.05, 3.63) is 35.9 Å². The Kier molecular flexibility index (Phi) is 69.2. The Hall–Kier alpha value is -1.63. The Labute approximate surface area is 670 Å². The standard InChI is InChI=1S/C101H190N2O4/c104-99(105)103-92-83-76-72-68-64-60-56-52-48-44-40-36-32-28-24-20-16-12-8-10-14-18-22-26-30-34-38-42-46-50-54-58-62-66-70-74-81-89-100(97-102(91-84-85-93-103)96-98-86-78-77-79-87-98)88-80-73-69-65-61-57-53-49-45-41-37-33-29-25-21-17-13-9-6-4-2-1-3-5-7-11-15-19-23-27-31-35-39-43-47-51-55-59-63-67-71-75-82-90-101(100)106-94-95-107-101/h77-79,86-87H,1-76,80-85,88-97H2,(H,104,105). The van der Waals surface area contributed by atoms with Crippen LogP contribution in [0.4, 0.5) is 4.79 Å². The van der Waals surface area contributed by atoms with Gasteiger partial charge in [0.05, 0.1) is 13.2 Å². The Bertz CT molecular complexity index is 1900. The zero-order valence-corrected chi connectivity index (χ0v) is 72.5. The predicted octanol–water partition coefficient (Wildman–Crippen LogP) is 34.4. The fourth-order valence-electron chi connectivity index (χ4n) is 19.4. The summed E-state index contributed by atoms with van der Waals surface area (Å²) in [5.41, 5.74) is 1.27. The summed E-state index contributed by atoms with van der Waals surface area (Å²) >= 11 is 0. The zero-order chi connectivity index (χ0) is 75.3. The second kappa shape index (κ2) is 75.7. The molecule has 0 bridgehead atoms. The molecule has 1 aromatic rings. The Morgan fingerprint density at radius 3 is 0.664 bits per heavy atom. The van der Waals surface area contributed by atoms with E-state index >= 15 is 0 Å². The van der Waals surface area contributed by atoms with Crippen LogP contribution in [0.1, 0.15) is 551 Å². The molecule has 6 heteroatoms. The first kappa shape index (κ1) is 97.7. The summed E-state index contributed by atoms with van der Waals surface area (Å²) in [4.78, 5) is 17.4. The minimum atomic E-state index is -0.734. The normalized spacial score (nSPS) is 25.3. The van der Waals surface area contributed by atoms with Crippen LogP contribution in [-0.2, 0) is 16.0 Å². The molecule has 0 aromatic heterocycles. The van der Waals surface area contributed by atoms with Crippen molar-refractivity contribution in [3.8, 4) is 0 Å². The first-order chi connectivity index (χ1) is 53.1. The van der Waals surface area contributed by atoms with E-state index in [1.807, 2.05) is 0 Å². The number of fused-ring (bicyclic) bond motifs is 1. The molecular formula is C101H190N2O4. The van der Waals surface area contributed by atoms with E-state index in [0.717, 1.165) is 51.7 Å². The Morgan fingerprint density at radius 1 is 0.252 bits per heavy atom. The molecule has 4 rings (SSSR count). The fraction of sp³-hybridized carbons (Fsp3) is 0.931. The van der Waals surface area contributed by atoms with Crippen LogP contribution in [0.15, 0.2) is 30.3 Å². The first-order valence-corrected chi connectivity index (χ1v) is 50.1. The van der Waals surface area contributed by atoms with Gasteiger partial charge in [-0.3, -0.25) is 4.90 Å². The van der Waals surface area contributed by atoms with Gasteiger partial charge in [0.2, 0.25) is 0 Å². The van der Waals surface area contributed by atoms with E-state index < -0.39 is 11.9 Å². The second-order valence-electron chi connectivity index (χ2n) is 36.4. The van der Waals surface area contributed by atoms with Crippen LogP contribution in [0.5, 0.6) is 0 Å². The highest BCUT2D eigenvalue weighted by Gasteiger charge is 2.55. The van der Waals surface area contributed by atoms with Gasteiger partial charge in [-0.25, -0.2) is 4.79 Å². The number of carboxylic acid groups (broad SMARTS) is 1. The van der Waals surface area contributed by atoms with Gasteiger partial charge < -0.3 is 19.5 Å². The maximum atomic E-state index is 12.8. The number of carbonyl (C=O) groups is 1. The lowest BCUT2D eigenvalue weighted by molar-refractivity contribution is -0.254. The van der Waals surface area contributed by atoms with Crippen molar-refractivity contribution in [1.82, 2.24) is 9.80 Å². The summed E-state index contributed by atoms with van der Waals surface area (Å²) in [6.07, 6.45) is 117. The van der Waals surface area contributed by atoms with E-state index in [0.29, 0.717) is 26.3 Å². The summed E-state index contributed by atoms with van der Waals surface area (Å²) in [5.74, 6) is -0.561. The Balaban J connectivity index is 1.41. The van der Waals surface area contributed by atoms with Gasteiger partial charge in [-0.15, -0.1) is 0 Å². The number of rotatable bonds is 2. The van der Waals surface area contributed by atoms with Crippen molar-refractivity contribution in [2.24, 2.45) is 5.41 Å². The third kappa shape index (κ3) is 58.0. The molecule has 1 amide bonds. The number of hydrogen-bond acceptors (Lipinski definition) is 4. The molecule has 628 valence electrons. The third-order valence-corrected chi connectivity index (χ3v) is 26.5. The molecule has 1 N–H and O–H groups in total. The first-order valence-electron chi connectivity index (χ1n) is 50.1. The van der Waals surface area contributed by atoms with Crippen LogP contribution in [0.25, 0.3) is 0 Å². The average Bonchev–Trinajstić information content (AvgIpc) is 1.72. The van der Waals surface area contributed by atoms with Crippen molar-refractivity contribution in [2.45, 2.75) is 558 Å². The van der Waals surface area contributed by atoms with Crippen LogP contribution in [0, 0.1) is 5.41 Å². The molecule has 1 unspecified atom stereocenters. The van der Waals surface area contributed by atoms with Gasteiger partial charge >= 0.3 is 6.09 Å². The van der Waals surface area contributed by atoms with E-state index in [2.05, 4.69) is 35.2 Å². The highest BCUT2D eigenvalue weighted by Crippen LogP contribution is 2.51. The molecular weight excluding hydrogens is 1310 g/mol. The number of nitrogens with zero attached hydrogens (tertiary/aromatic N) is 2. The summed E-state index contributed by atoms with van der Waals surface area (Å²) in [7, 11) is 0. The van der Waals surface area contributed by atoms with Gasteiger partial charge in [0, 0.05) is 38.0 Å². The minimum absolute atomic E-state index is 0.113. The lowest BCUT2D eigenvalue weighted by Gasteiger charge is -2.50. The molecule has 3 fully saturated rings. The van der Waals surface area contributed by atoms with Crippen molar-refractivity contribution in [2.75, 3.05) is 39.4 Å². The highest BCUT2D eigenvalue weighted by molar-refractivity contribution is 5.64. The van der Waals surface area contributed by atoms with E-state index in [1.54, 1.807) is 4.90 Å². The minimum Gasteiger partial charge on any atom is -0.465 e. The van der Waals surface area contributed by atoms with Gasteiger partial charge in [-0.1, -0.05) is 531 Å². The molecule has 2 aliphatic heterocycles. The molecule has 6 nitrogen and oxygen atoms in total. The van der Waals surface area contributed by atoms with Gasteiger partial charge in [0.1, 0.15) is 0 Å². The van der Waals surface area contributed by atoms with Crippen molar-refractivity contribution in [3.63, 3.8) is 0 Å². The molecule has 3 aliphatic rings. The largest absolute Gasteiger partial charge is 0.465 e. The quantitative estimate of drug-likeness (QED) is 0.320. The maximum absolute atomic E-state index is 12.8. The van der Waals surface area contributed by atoms with Crippen molar-refractivity contribution < 1.29 is 19.4 Å². The Morgan fingerprint density at radius 2 is 0.439 bits per heavy atom. The lowest BCUT2D eigenvalue weighted by Crippen LogP contribution is -2.55. The number of benzene rings is 1. The molecule has 0 radical (unpaired) electrons. The van der Waals surface area contributed by atoms with Crippen molar-refractivity contribution in [1.29, 1.82) is 0 Å². The zero-order valence-electron chi connectivity index (χ0n) is 72.5. The summed E-state index contributed by atoms with van der Waals surface area (Å²) in [6.45, 7) is 5.61. The summed E-state index contributed by atoms with van der Waals surface area (Å²) < 4.78 is 14.7. The highest BCUT2D eigenvalue weighted by atomic mass is 16.7. The van der Waals surface area contributed by atoms with Crippen LogP contribution in [0.2, 0.25) is 0 Å². The molecule has 2 saturated heterocycles. The van der Waals surface area contributed by atoms with Gasteiger partial charge in [0.15, 0.2) is 5.79 Å². The van der Waals surface area contributed by atoms with Gasteiger partial charge in [-0.2, -0.15) is 0 Å². The van der Waals surface area contributed by atoms with Crippen LogP contribution in [-0.4, -0.2) is 66.2 Å². The second-order valence-corrected chi connectivity index (χ2v) is 36.4. The van der Waals surface area contributed by atoms with Crippen LogP contribution < -0.4 is 0 Å². The summed E-state index contributed by atoms with van der Waals surface area (Å²) in [6, 6.07) is 11.3. The number of ether oxygens (including phenoxy) is 2. The molecule has 2 heterocycles. The molecule has 1 saturated carbocycles.